The molecule has 0 fully saturated rings. The second-order valence-corrected chi connectivity index (χ2v) is 5.96. The van der Waals surface area contributed by atoms with Crippen LogP contribution in [-0.2, 0) is 11.2 Å². The molecule has 1 aliphatic heterocycles. The van der Waals surface area contributed by atoms with Gasteiger partial charge in [0.2, 0.25) is 5.91 Å². The lowest BCUT2D eigenvalue weighted by Gasteiger charge is -2.18. The van der Waals surface area contributed by atoms with Crippen molar-refractivity contribution in [3.63, 3.8) is 0 Å². The van der Waals surface area contributed by atoms with E-state index in [1.807, 2.05) is 23.1 Å². The second-order valence-electron chi connectivity index (χ2n) is 5.96. The summed E-state index contributed by atoms with van der Waals surface area (Å²) >= 11 is 0. The number of nitrogens with zero attached hydrogens (tertiary/aromatic N) is 1. The van der Waals surface area contributed by atoms with Gasteiger partial charge in [0, 0.05) is 12.2 Å². The fraction of sp³-hybridized carbons (Fsp3) is 0.500. The molecule has 21 heavy (non-hydrogen) atoms. The number of amides is 1. The standard InChI is InChI=1S/C18H24N2O/c21-18(14-19-12-10-15-6-2-1-3-7-15)20-13-11-16-8-4-5-9-17(16)20/h4-6,8-9,19H,1-3,7,10-14H2. The topological polar surface area (TPSA) is 32.3 Å². The van der Waals surface area contributed by atoms with E-state index >= 15 is 0 Å². The molecule has 1 N–H and O–H groups in total. The summed E-state index contributed by atoms with van der Waals surface area (Å²) in [5, 5.41) is 3.31. The van der Waals surface area contributed by atoms with Crippen molar-refractivity contribution in [3.05, 3.63) is 41.5 Å². The molecule has 1 amide bonds. The largest absolute Gasteiger partial charge is 0.311 e. The Morgan fingerprint density at radius 2 is 2.10 bits per heavy atom. The average Bonchev–Trinajstić information content (AvgIpc) is 2.96. The lowest BCUT2D eigenvalue weighted by atomic mass is 9.97. The summed E-state index contributed by atoms with van der Waals surface area (Å²) in [7, 11) is 0. The van der Waals surface area contributed by atoms with E-state index in [0.717, 1.165) is 31.6 Å². The predicted molar refractivity (Wildman–Crippen MR) is 86.5 cm³/mol. The smallest absolute Gasteiger partial charge is 0.240 e. The summed E-state index contributed by atoms with van der Waals surface area (Å²) in [6, 6.07) is 8.22. The first-order valence-corrected chi connectivity index (χ1v) is 8.11. The molecule has 3 heteroatoms. The van der Waals surface area contributed by atoms with E-state index in [2.05, 4.69) is 17.5 Å². The summed E-state index contributed by atoms with van der Waals surface area (Å²) < 4.78 is 0. The molecule has 0 unspecified atom stereocenters. The van der Waals surface area contributed by atoms with Crippen LogP contribution in [0.1, 0.15) is 37.7 Å². The number of allylic oxidation sites excluding steroid dienone is 1. The van der Waals surface area contributed by atoms with Crippen LogP contribution in [0.25, 0.3) is 0 Å². The quantitative estimate of drug-likeness (QED) is 0.666. The SMILES string of the molecule is O=C(CNCCC1=CCCCC1)N1CCc2ccccc21. The average molecular weight is 284 g/mol. The molecule has 1 aromatic rings. The molecular weight excluding hydrogens is 260 g/mol. The summed E-state index contributed by atoms with van der Waals surface area (Å²) in [5.74, 6) is 0.192. The van der Waals surface area contributed by atoms with Crippen LogP contribution in [0.4, 0.5) is 5.69 Å². The van der Waals surface area contributed by atoms with Gasteiger partial charge < -0.3 is 10.2 Å². The first kappa shape index (κ1) is 14.3. The van der Waals surface area contributed by atoms with E-state index in [9.17, 15) is 4.79 Å². The maximum atomic E-state index is 12.3. The number of anilines is 1. The molecule has 0 saturated heterocycles. The molecule has 0 spiro atoms. The highest BCUT2D eigenvalue weighted by molar-refractivity contribution is 5.96. The molecule has 112 valence electrons. The van der Waals surface area contributed by atoms with Crippen LogP contribution >= 0.6 is 0 Å². The van der Waals surface area contributed by atoms with Crippen molar-refractivity contribution in [2.45, 2.75) is 38.5 Å². The number of para-hydroxylation sites is 1. The molecule has 3 rings (SSSR count). The summed E-state index contributed by atoms with van der Waals surface area (Å²) in [6.07, 6.45) is 9.59. The Kier molecular flexibility index (Phi) is 4.71. The third-order valence-corrected chi connectivity index (χ3v) is 4.47. The van der Waals surface area contributed by atoms with Crippen LogP contribution < -0.4 is 10.2 Å². The molecule has 3 nitrogen and oxygen atoms in total. The molecule has 1 aromatic carbocycles. The van der Waals surface area contributed by atoms with Crippen LogP contribution in [0.3, 0.4) is 0 Å². The number of nitrogens with one attached hydrogen (secondary N) is 1. The van der Waals surface area contributed by atoms with Gasteiger partial charge in [-0.2, -0.15) is 0 Å². The highest BCUT2D eigenvalue weighted by Gasteiger charge is 2.23. The normalized spacial score (nSPS) is 17.5. The number of hydrogen-bond donors (Lipinski definition) is 1. The van der Waals surface area contributed by atoms with Crippen molar-refractivity contribution in [2.75, 3.05) is 24.5 Å². The monoisotopic (exact) mass is 284 g/mol. The van der Waals surface area contributed by atoms with Gasteiger partial charge in [-0.1, -0.05) is 29.8 Å². The fourth-order valence-electron chi connectivity index (χ4n) is 3.27. The van der Waals surface area contributed by atoms with E-state index in [4.69, 9.17) is 0 Å². The van der Waals surface area contributed by atoms with Gasteiger partial charge in [-0.05, 0) is 56.7 Å². The zero-order valence-corrected chi connectivity index (χ0v) is 12.6. The maximum absolute atomic E-state index is 12.3. The van der Waals surface area contributed by atoms with Gasteiger partial charge in [0.15, 0.2) is 0 Å². The van der Waals surface area contributed by atoms with Crippen molar-refractivity contribution in [1.82, 2.24) is 5.32 Å². The van der Waals surface area contributed by atoms with Crippen LogP contribution in [-0.4, -0.2) is 25.5 Å². The summed E-state index contributed by atoms with van der Waals surface area (Å²) in [4.78, 5) is 14.2. The molecule has 0 radical (unpaired) electrons. The Balaban J connectivity index is 1.44. The van der Waals surface area contributed by atoms with Crippen molar-refractivity contribution < 1.29 is 4.79 Å². The Bertz CT molecular complexity index is 536. The van der Waals surface area contributed by atoms with Crippen molar-refractivity contribution in [2.24, 2.45) is 0 Å². The van der Waals surface area contributed by atoms with E-state index < -0.39 is 0 Å². The molecule has 1 aliphatic carbocycles. The Morgan fingerprint density at radius 3 is 2.95 bits per heavy atom. The Labute approximate surface area is 127 Å². The zero-order valence-electron chi connectivity index (χ0n) is 12.6. The van der Waals surface area contributed by atoms with Gasteiger partial charge >= 0.3 is 0 Å². The summed E-state index contributed by atoms with van der Waals surface area (Å²) in [5.41, 5.74) is 3.95. The van der Waals surface area contributed by atoms with Crippen LogP contribution in [0.2, 0.25) is 0 Å². The van der Waals surface area contributed by atoms with Gasteiger partial charge in [-0.15, -0.1) is 0 Å². The van der Waals surface area contributed by atoms with Crippen molar-refractivity contribution in [1.29, 1.82) is 0 Å². The van der Waals surface area contributed by atoms with Gasteiger partial charge in [-0.3, -0.25) is 4.79 Å². The number of fused-ring (bicyclic) bond motifs is 1. The van der Waals surface area contributed by atoms with E-state index in [0.29, 0.717) is 6.54 Å². The van der Waals surface area contributed by atoms with Gasteiger partial charge in [0.05, 0.1) is 6.54 Å². The Morgan fingerprint density at radius 1 is 1.19 bits per heavy atom. The number of carbonyl (C=O) groups is 1. The van der Waals surface area contributed by atoms with Crippen LogP contribution in [0.15, 0.2) is 35.9 Å². The van der Waals surface area contributed by atoms with E-state index in [1.165, 1.54) is 31.2 Å². The lowest BCUT2D eigenvalue weighted by molar-refractivity contribution is -0.117. The number of rotatable bonds is 5. The number of benzene rings is 1. The summed E-state index contributed by atoms with van der Waals surface area (Å²) in [6.45, 7) is 2.18. The highest BCUT2D eigenvalue weighted by Crippen LogP contribution is 2.27. The van der Waals surface area contributed by atoms with Crippen LogP contribution in [0, 0.1) is 0 Å². The molecule has 0 saturated carbocycles. The first-order chi connectivity index (χ1) is 10.3. The molecule has 0 aromatic heterocycles. The van der Waals surface area contributed by atoms with E-state index in [-0.39, 0.29) is 5.91 Å². The molecular formula is C18H24N2O. The molecule has 0 atom stereocenters. The molecule has 2 aliphatic rings. The predicted octanol–water partition coefficient (Wildman–Crippen LogP) is 3.06. The minimum atomic E-state index is 0.192. The minimum Gasteiger partial charge on any atom is -0.311 e. The first-order valence-electron chi connectivity index (χ1n) is 8.11. The van der Waals surface area contributed by atoms with Gasteiger partial charge in [-0.25, -0.2) is 0 Å². The second kappa shape index (κ2) is 6.90. The fourth-order valence-corrected chi connectivity index (χ4v) is 3.27. The Hall–Kier alpha value is -1.61. The lowest BCUT2D eigenvalue weighted by Crippen LogP contribution is -2.37. The highest BCUT2D eigenvalue weighted by atomic mass is 16.2. The zero-order chi connectivity index (χ0) is 14.5. The maximum Gasteiger partial charge on any atom is 0.240 e. The van der Waals surface area contributed by atoms with E-state index in [1.54, 1.807) is 5.57 Å². The third kappa shape index (κ3) is 3.53. The number of hydrogen-bond acceptors (Lipinski definition) is 2. The van der Waals surface area contributed by atoms with Gasteiger partial charge in [0.25, 0.3) is 0 Å². The van der Waals surface area contributed by atoms with Crippen molar-refractivity contribution in [3.8, 4) is 0 Å². The number of carbonyl (C=O) groups excluding carboxylic acids is 1. The van der Waals surface area contributed by atoms with Crippen LogP contribution in [0.5, 0.6) is 0 Å². The van der Waals surface area contributed by atoms with Crippen molar-refractivity contribution >= 4 is 11.6 Å². The molecule has 0 bridgehead atoms. The minimum absolute atomic E-state index is 0.192. The third-order valence-electron chi connectivity index (χ3n) is 4.47. The van der Waals surface area contributed by atoms with Gasteiger partial charge in [0.1, 0.15) is 0 Å². The molecule has 1 heterocycles.